The summed E-state index contributed by atoms with van der Waals surface area (Å²) >= 11 is 0. The maximum atomic E-state index is 11.6. The monoisotopic (exact) mass is 201 g/mol. The van der Waals surface area contributed by atoms with Crippen molar-refractivity contribution in [1.29, 1.82) is 0 Å². The number of nitrogens with zero attached hydrogens (tertiary/aromatic N) is 1. The van der Waals surface area contributed by atoms with Gasteiger partial charge in [0.25, 0.3) is 0 Å². The third-order valence-corrected chi connectivity index (χ3v) is 2.49. The highest BCUT2D eigenvalue weighted by molar-refractivity contribution is 5.76. The molecule has 1 N–H and O–H groups in total. The number of hydrogen-bond donors (Lipinski definition) is 1. The summed E-state index contributed by atoms with van der Waals surface area (Å²) in [6, 6.07) is 0. The van der Waals surface area contributed by atoms with E-state index in [9.17, 15) is 9.90 Å². The number of amides is 1. The van der Waals surface area contributed by atoms with Crippen molar-refractivity contribution in [2.75, 3.05) is 26.8 Å². The second-order valence-electron chi connectivity index (χ2n) is 4.05. The average Bonchev–Trinajstić information content (AvgIpc) is 2.52. The van der Waals surface area contributed by atoms with Crippen LogP contribution in [-0.4, -0.2) is 48.8 Å². The highest BCUT2D eigenvalue weighted by Crippen LogP contribution is 2.13. The smallest absolute Gasteiger partial charge is 0.223 e. The Kier molecular flexibility index (Phi) is 4.35. The molecule has 2 unspecified atom stereocenters. The lowest BCUT2D eigenvalue weighted by molar-refractivity contribution is -0.131. The summed E-state index contributed by atoms with van der Waals surface area (Å²) in [4.78, 5) is 13.4. The molecule has 0 aromatic rings. The second kappa shape index (κ2) is 5.32. The van der Waals surface area contributed by atoms with Crippen LogP contribution < -0.4 is 0 Å². The first-order valence-electron chi connectivity index (χ1n) is 5.08. The van der Waals surface area contributed by atoms with E-state index in [0.717, 1.165) is 0 Å². The SMILES string of the molecule is COCC(C)CC(=O)N1CCC(O)C1. The Hall–Kier alpha value is -0.610. The van der Waals surface area contributed by atoms with Gasteiger partial charge in [0.1, 0.15) is 0 Å². The van der Waals surface area contributed by atoms with Crippen molar-refractivity contribution >= 4 is 5.91 Å². The minimum atomic E-state index is -0.323. The molecule has 0 radical (unpaired) electrons. The average molecular weight is 201 g/mol. The van der Waals surface area contributed by atoms with Gasteiger partial charge in [0.05, 0.1) is 6.10 Å². The molecule has 0 spiro atoms. The van der Waals surface area contributed by atoms with E-state index >= 15 is 0 Å². The summed E-state index contributed by atoms with van der Waals surface area (Å²) in [5.74, 6) is 0.386. The van der Waals surface area contributed by atoms with Crippen LogP contribution in [0.3, 0.4) is 0 Å². The molecule has 1 rings (SSSR count). The van der Waals surface area contributed by atoms with E-state index in [1.54, 1.807) is 12.0 Å². The molecule has 14 heavy (non-hydrogen) atoms. The summed E-state index contributed by atoms with van der Waals surface area (Å²) in [5, 5.41) is 9.27. The van der Waals surface area contributed by atoms with Gasteiger partial charge in [0.15, 0.2) is 0 Å². The third kappa shape index (κ3) is 3.27. The highest BCUT2D eigenvalue weighted by atomic mass is 16.5. The van der Waals surface area contributed by atoms with Gasteiger partial charge in [-0.05, 0) is 12.3 Å². The van der Waals surface area contributed by atoms with E-state index in [4.69, 9.17) is 4.74 Å². The molecule has 4 nitrogen and oxygen atoms in total. The first kappa shape index (κ1) is 11.5. The van der Waals surface area contributed by atoms with Gasteiger partial charge in [-0.3, -0.25) is 4.79 Å². The molecule has 1 aliphatic rings. The number of β-amino-alcohol motifs (C(OH)–C–C–N with tert-alkyl or cyclic N) is 1. The predicted octanol–water partition coefficient (Wildman–Crippen LogP) is 0.252. The van der Waals surface area contributed by atoms with Gasteiger partial charge in [-0.2, -0.15) is 0 Å². The number of carbonyl (C=O) groups excluding carboxylic acids is 1. The van der Waals surface area contributed by atoms with Crippen LogP contribution in [0.1, 0.15) is 19.8 Å². The Balaban J connectivity index is 2.27. The lowest BCUT2D eigenvalue weighted by atomic mass is 10.1. The molecular weight excluding hydrogens is 182 g/mol. The molecule has 1 aliphatic heterocycles. The van der Waals surface area contributed by atoms with Crippen LogP contribution in [0.2, 0.25) is 0 Å². The Labute approximate surface area is 84.8 Å². The maximum absolute atomic E-state index is 11.6. The molecule has 4 heteroatoms. The van der Waals surface area contributed by atoms with Crippen molar-refractivity contribution in [3.63, 3.8) is 0 Å². The van der Waals surface area contributed by atoms with Gasteiger partial charge >= 0.3 is 0 Å². The Morgan fingerprint density at radius 2 is 2.43 bits per heavy atom. The first-order chi connectivity index (χ1) is 6.63. The number of likely N-dealkylation sites (tertiary alicyclic amines) is 1. The minimum absolute atomic E-state index is 0.131. The molecule has 0 aliphatic carbocycles. The van der Waals surface area contributed by atoms with Gasteiger partial charge in [-0.15, -0.1) is 0 Å². The Bertz CT molecular complexity index is 196. The third-order valence-electron chi connectivity index (χ3n) is 2.49. The largest absolute Gasteiger partial charge is 0.391 e. The highest BCUT2D eigenvalue weighted by Gasteiger charge is 2.25. The van der Waals surface area contributed by atoms with Gasteiger partial charge in [0.2, 0.25) is 5.91 Å². The van der Waals surface area contributed by atoms with E-state index in [1.165, 1.54) is 0 Å². The molecule has 2 atom stereocenters. The lowest BCUT2D eigenvalue weighted by Crippen LogP contribution is -2.31. The number of hydrogen-bond acceptors (Lipinski definition) is 3. The van der Waals surface area contributed by atoms with Crippen molar-refractivity contribution in [1.82, 2.24) is 4.90 Å². The minimum Gasteiger partial charge on any atom is -0.391 e. The van der Waals surface area contributed by atoms with Crippen LogP contribution in [0.25, 0.3) is 0 Å². The normalized spacial score (nSPS) is 23.9. The van der Waals surface area contributed by atoms with Crippen LogP contribution in [-0.2, 0) is 9.53 Å². The molecule has 0 bridgehead atoms. The van der Waals surface area contributed by atoms with Crippen LogP contribution in [0, 0.1) is 5.92 Å². The van der Waals surface area contributed by atoms with E-state index < -0.39 is 0 Å². The number of aliphatic hydroxyl groups excluding tert-OH is 1. The molecule has 1 fully saturated rings. The van der Waals surface area contributed by atoms with Gasteiger partial charge in [-0.1, -0.05) is 6.92 Å². The summed E-state index contributed by atoms with van der Waals surface area (Å²) in [6.45, 7) is 3.80. The summed E-state index contributed by atoms with van der Waals surface area (Å²) in [5.41, 5.74) is 0. The van der Waals surface area contributed by atoms with Crippen LogP contribution in [0.4, 0.5) is 0 Å². The fourth-order valence-corrected chi connectivity index (χ4v) is 1.74. The van der Waals surface area contributed by atoms with Gasteiger partial charge < -0.3 is 14.7 Å². The standard InChI is InChI=1S/C10H19NO3/c1-8(7-14-2)5-10(13)11-4-3-9(12)6-11/h8-9,12H,3-7H2,1-2H3. The molecule has 0 aromatic heterocycles. The molecule has 1 heterocycles. The van der Waals surface area contributed by atoms with Crippen LogP contribution in [0.5, 0.6) is 0 Å². The van der Waals surface area contributed by atoms with E-state index in [1.807, 2.05) is 6.92 Å². The van der Waals surface area contributed by atoms with E-state index in [2.05, 4.69) is 0 Å². The van der Waals surface area contributed by atoms with Gasteiger partial charge in [-0.25, -0.2) is 0 Å². The van der Waals surface area contributed by atoms with Crippen LogP contribution >= 0.6 is 0 Å². The molecule has 1 amide bonds. The summed E-state index contributed by atoms with van der Waals surface area (Å²) in [6.07, 6.45) is 0.905. The van der Waals surface area contributed by atoms with Crippen molar-refractivity contribution in [2.24, 2.45) is 5.92 Å². The number of rotatable bonds is 4. The van der Waals surface area contributed by atoms with Crippen LogP contribution in [0.15, 0.2) is 0 Å². The molecule has 0 saturated carbocycles. The summed E-state index contributed by atoms with van der Waals surface area (Å²) < 4.78 is 4.97. The maximum Gasteiger partial charge on any atom is 0.223 e. The quantitative estimate of drug-likeness (QED) is 0.709. The fraction of sp³-hybridized carbons (Fsp3) is 0.900. The van der Waals surface area contributed by atoms with Crippen molar-refractivity contribution in [3.05, 3.63) is 0 Å². The predicted molar refractivity (Wildman–Crippen MR) is 52.9 cm³/mol. The van der Waals surface area contributed by atoms with E-state index in [-0.39, 0.29) is 17.9 Å². The van der Waals surface area contributed by atoms with Crippen molar-refractivity contribution < 1.29 is 14.6 Å². The second-order valence-corrected chi connectivity index (χ2v) is 4.05. The molecule has 0 aromatic carbocycles. The Morgan fingerprint density at radius 3 is 2.93 bits per heavy atom. The molecular formula is C10H19NO3. The van der Waals surface area contributed by atoms with Crippen molar-refractivity contribution in [3.8, 4) is 0 Å². The topological polar surface area (TPSA) is 49.8 Å². The zero-order chi connectivity index (χ0) is 10.6. The number of ether oxygens (including phenoxy) is 1. The zero-order valence-corrected chi connectivity index (χ0v) is 8.90. The number of carbonyl (C=O) groups is 1. The fourth-order valence-electron chi connectivity index (χ4n) is 1.74. The molecule has 82 valence electrons. The lowest BCUT2D eigenvalue weighted by Gasteiger charge is -2.17. The first-order valence-corrected chi connectivity index (χ1v) is 5.08. The summed E-state index contributed by atoms with van der Waals surface area (Å²) in [7, 11) is 1.64. The Morgan fingerprint density at radius 1 is 1.71 bits per heavy atom. The zero-order valence-electron chi connectivity index (χ0n) is 8.90. The number of methoxy groups -OCH3 is 1. The van der Waals surface area contributed by atoms with Gasteiger partial charge in [0, 0.05) is 33.2 Å². The van der Waals surface area contributed by atoms with E-state index in [0.29, 0.717) is 32.5 Å². The van der Waals surface area contributed by atoms with Crippen molar-refractivity contribution in [2.45, 2.75) is 25.9 Å². The number of aliphatic hydroxyl groups is 1. The molecule has 1 saturated heterocycles.